The summed E-state index contributed by atoms with van der Waals surface area (Å²) in [5, 5.41) is 11.5. The molecule has 5 rings (SSSR count). The van der Waals surface area contributed by atoms with Crippen molar-refractivity contribution in [3.05, 3.63) is 42.1 Å². The molecule has 1 spiro atoms. The van der Waals surface area contributed by atoms with E-state index in [0.29, 0.717) is 17.5 Å². The summed E-state index contributed by atoms with van der Waals surface area (Å²) in [5.41, 5.74) is 0.412. The maximum Gasteiger partial charge on any atom is 0.404 e. The number of rotatable bonds is 9. The third-order valence-corrected chi connectivity index (χ3v) is 8.64. The topological polar surface area (TPSA) is 111 Å². The lowest BCUT2D eigenvalue weighted by atomic mass is 9.72. The van der Waals surface area contributed by atoms with E-state index in [-0.39, 0.29) is 34.7 Å². The highest BCUT2D eigenvalue weighted by Gasteiger charge is 2.52. The monoisotopic (exact) mass is 554 g/mol. The van der Waals surface area contributed by atoms with Gasteiger partial charge in [0.05, 0.1) is 11.8 Å². The maximum atomic E-state index is 14.1. The Bertz CT molecular complexity index is 1220. The molecule has 0 atom stereocenters. The maximum absolute atomic E-state index is 14.1. The summed E-state index contributed by atoms with van der Waals surface area (Å²) in [6, 6.07) is 4.03. The van der Waals surface area contributed by atoms with Gasteiger partial charge in [-0.1, -0.05) is 0 Å². The van der Waals surface area contributed by atoms with Gasteiger partial charge in [0.2, 0.25) is 0 Å². The number of hydrogen-bond donors (Lipinski definition) is 2. The van der Waals surface area contributed by atoms with Crippen LogP contribution in [0.1, 0.15) is 56.3 Å². The number of amides is 2. The number of aromatic nitrogens is 2. The Morgan fingerprint density at radius 3 is 2.58 bits per heavy atom. The molecule has 0 radical (unpaired) electrons. The second-order valence-corrected chi connectivity index (χ2v) is 12.0. The van der Waals surface area contributed by atoms with E-state index in [1.807, 2.05) is 13.8 Å². The predicted octanol–water partition coefficient (Wildman–Crippen LogP) is 4.23. The van der Waals surface area contributed by atoms with Crippen LogP contribution in [0, 0.1) is 17.2 Å². The molecule has 11 heteroatoms. The van der Waals surface area contributed by atoms with Gasteiger partial charge in [0.25, 0.3) is 5.91 Å². The number of ether oxygens (including phenoxy) is 1. The highest BCUT2D eigenvalue weighted by molar-refractivity contribution is 5.97. The number of carbonyl (C=O) groups is 2. The molecular formula is C29H39FN6O4. The number of hydrogen-bond acceptors (Lipinski definition) is 7. The number of carboxylic acid groups (broad SMARTS) is 1. The molecule has 1 aromatic heterocycles. The van der Waals surface area contributed by atoms with Crippen LogP contribution in [0.5, 0.6) is 11.5 Å². The van der Waals surface area contributed by atoms with Crippen LogP contribution in [-0.2, 0) is 0 Å². The molecule has 1 saturated carbocycles. The summed E-state index contributed by atoms with van der Waals surface area (Å²) >= 11 is 0. The third-order valence-electron chi connectivity index (χ3n) is 8.64. The number of likely N-dealkylation sites (tertiary alicyclic amines) is 1. The van der Waals surface area contributed by atoms with Crippen LogP contribution in [0.15, 0.2) is 30.7 Å². The van der Waals surface area contributed by atoms with Crippen LogP contribution in [-0.4, -0.2) is 88.7 Å². The molecule has 2 saturated heterocycles. The van der Waals surface area contributed by atoms with Crippen molar-refractivity contribution in [3.63, 3.8) is 0 Å². The van der Waals surface area contributed by atoms with E-state index >= 15 is 0 Å². The molecule has 40 heavy (non-hydrogen) atoms. The molecule has 2 amide bonds. The molecule has 2 aliphatic heterocycles. The normalized spacial score (nSPS) is 22.0. The average molecular weight is 555 g/mol. The van der Waals surface area contributed by atoms with Crippen LogP contribution < -0.4 is 15.0 Å². The largest absolute Gasteiger partial charge is 0.465 e. The van der Waals surface area contributed by atoms with Crippen LogP contribution >= 0.6 is 0 Å². The van der Waals surface area contributed by atoms with Gasteiger partial charge in [-0.3, -0.25) is 4.79 Å². The first kappa shape index (κ1) is 28.1. The van der Waals surface area contributed by atoms with E-state index in [9.17, 15) is 14.0 Å². The Hall–Kier alpha value is -3.47. The Labute approximate surface area is 234 Å². The molecule has 1 aromatic carbocycles. The molecule has 2 aromatic rings. The molecule has 3 aliphatic rings. The van der Waals surface area contributed by atoms with E-state index < -0.39 is 11.9 Å². The van der Waals surface area contributed by atoms with Gasteiger partial charge in [0.15, 0.2) is 11.6 Å². The summed E-state index contributed by atoms with van der Waals surface area (Å²) in [6.45, 7) is 8.72. The number of halogens is 1. The summed E-state index contributed by atoms with van der Waals surface area (Å²) in [5.74, 6) is 1.24. The lowest BCUT2D eigenvalue weighted by molar-refractivity contribution is -0.0257. The first-order chi connectivity index (χ1) is 19.1. The molecule has 3 heterocycles. The lowest BCUT2D eigenvalue weighted by Crippen LogP contribution is -2.72. The molecule has 3 fully saturated rings. The Kier molecular flexibility index (Phi) is 8.11. The van der Waals surface area contributed by atoms with Gasteiger partial charge in [-0.05, 0) is 76.6 Å². The van der Waals surface area contributed by atoms with Crippen molar-refractivity contribution in [2.75, 3.05) is 44.7 Å². The Morgan fingerprint density at radius 1 is 1.18 bits per heavy atom. The van der Waals surface area contributed by atoms with Crippen molar-refractivity contribution in [1.82, 2.24) is 25.1 Å². The van der Waals surface area contributed by atoms with Gasteiger partial charge in [-0.2, -0.15) is 0 Å². The minimum atomic E-state index is -0.922. The summed E-state index contributed by atoms with van der Waals surface area (Å²) in [6.07, 6.45) is 7.35. The zero-order chi connectivity index (χ0) is 28.4. The first-order valence-corrected chi connectivity index (χ1v) is 14.1. The molecule has 1 aliphatic carbocycles. The van der Waals surface area contributed by atoms with Crippen molar-refractivity contribution in [1.29, 1.82) is 0 Å². The molecule has 0 bridgehead atoms. The standard InChI is InChI=1S/C29H39FN6O4/c1-19(2)34(3)27(37)23-12-21(30)6-9-24(23)40-25-13-31-18-32-26(25)36-16-29(17-36)14-35(15-29)11-10-20-4-7-22(8-5-20)33-28(38)39/h6,9,12-13,18-20,22,33H,4-5,7-8,10-11,14-17H2,1-3H3,(H,38,39). The van der Waals surface area contributed by atoms with Crippen molar-refractivity contribution >= 4 is 17.8 Å². The van der Waals surface area contributed by atoms with Crippen molar-refractivity contribution in [3.8, 4) is 11.5 Å². The Morgan fingerprint density at radius 2 is 1.90 bits per heavy atom. The quantitative estimate of drug-likeness (QED) is 0.474. The smallest absolute Gasteiger partial charge is 0.404 e. The van der Waals surface area contributed by atoms with Crippen LogP contribution in [0.2, 0.25) is 0 Å². The number of anilines is 1. The molecular weight excluding hydrogens is 515 g/mol. The zero-order valence-corrected chi connectivity index (χ0v) is 23.5. The fraction of sp³-hybridized carbons (Fsp3) is 0.586. The van der Waals surface area contributed by atoms with E-state index in [4.69, 9.17) is 9.84 Å². The van der Waals surface area contributed by atoms with Crippen molar-refractivity contribution in [2.24, 2.45) is 11.3 Å². The van der Waals surface area contributed by atoms with Gasteiger partial charge in [-0.25, -0.2) is 19.2 Å². The summed E-state index contributed by atoms with van der Waals surface area (Å²) < 4.78 is 20.2. The number of benzene rings is 1. The lowest BCUT2D eigenvalue weighted by Gasteiger charge is -2.61. The van der Waals surface area contributed by atoms with Crippen LogP contribution in [0.3, 0.4) is 0 Å². The third kappa shape index (κ3) is 6.14. The fourth-order valence-corrected chi connectivity index (χ4v) is 6.23. The Balaban J connectivity index is 1.14. The van der Waals surface area contributed by atoms with Gasteiger partial charge in [0, 0.05) is 50.7 Å². The number of nitrogens with one attached hydrogen (secondary N) is 1. The summed E-state index contributed by atoms with van der Waals surface area (Å²) in [4.78, 5) is 38.7. The van der Waals surface area contributed by atoms with Gasteiger partial charge >= 0.3 is 6.09 Å². The molecule has 0 unspecified atom stereocenters. The van der Waals surface area contributed by atoms with Crippen molar-refractivity contribution < 1.29 is 23.8 Å². The van der Waals surface area contributed by atoms with E-state index in [1.165, 1.54) is 24.5 Å². The number of carbonyl (C=O) groups excluding carboxylic acids is 1. The number of nitrogens with zero attached hydrogens (tertiary/aromatic N) is 5. The SMILES string of the molecule is CC(C)N(C)C(=O)c1cc(F)ccc1Oc1cncnc1N1CC2(CN(CCC3CCC(NC(=O)O)CC3)C2)C1. The molecule has 10 nitrogen and oxygen atoms in total. The van der Waals surface area contributed by atoms with Crippen molar-refractivity contribution in [2.45, 2.75) is 58.0 Å². The second-order valence-electron chi connectivity index (χ2n) is 12.0. The first-order valence-electron chi connectivity index (χ1n) is 14.1. The fourth-order valence-electron chi connectivity index (χ4n) is 6.23. The zero-order valence-electron chi connectivity index (χ0n) is 23.5. The highest BCUT2D eigenvalue weighted by Crippen LogP contribution is 2.44. The predicted molar refractivity (Wildman–Crippen MR) is 148 cm³/mol. The minimum absolute atomic E-state index is 0.0466. The van der Waals surface area contributed by atoms with Gasteiger partial charge in [-0.15, -0.1) is 0 Å². The van der Waals surface area contributed by atoms with Crippen LogP contribution in [0.4, 0.5) is 15.0 Å². The second kappa shape index (κ2) is 11.6. The van der Waals surface area contributed by atoms with E-state index in [0.717, 1.165) is 64.8 Å². The molecule has 2 N–H and O–H groups in total. The average Bonchev–Trinajstić information content (AvgIpc) is 2.88. The summed E-state index contributed by atoms with van der Waals surface area (Å²) in [7, 11) is 1.69. The highest BCUT2D eigenvalue weighted by atomic mass is 19.1. The van der Waals surface area contributed by atoms with Crippen LogP contribution in [0.25, 0.3) is 0 Å². The van der Waals surface area contributed by atoms with Gasteiger partial charge in [0.1, 0.15) is 17.9 Å². The van der Waals surface area contributed by atoms with Gasteiger partial charge < -0.3 is 29.9 Å². The van der Waals surface area contributed by atoms with E-state index in [1.54, 1.807) is 18.1 Å². The van der Waals surface area contributed by atoms with E-state index in [2.05, 4.69) is 25.1 Å². The minimum Gasteiger partial charge on any atom is -0.465 e. The molecule has 216 valence electrons.